The molecule has 2 heterocycles. The Bertz CT molecular complexity index is 1570. The predicted molar refractivity (Wildman–Crippen MR) is 146 cm³/mol. The number of nitriles is 1. The number of aryl methyl sites for hydroxylation is 1. The monoisotopic (exact) mass is 525 g/mol. The number of aromatic nitrogens is 4. The van der Waals surface area contributed by atoms with Crippen molar-refractivity contribution in [3.63, 3.8) is 0 Å². The number of benzene rings is 2. The third kappa shape index (κ3) is 5.47. The number of fused-ring (bicyclic) bond motifs is 1. The molecular weight excluding hydrogens is 494 g/mol. The topological polar surface area (TPSA) is 123 Å². The fourth-order valence-corrected chi connectivity index (χ4v) is 5.58. The molecule has 9 nitrogen and oxygen atoms in total. The van der Waals surface area contributed by atoms with Crippen LogP contribution in [-0.4, -0.2) is 43.0 Å². The molecule has 5 rings (SSSR count). The lowest BCUT2D eigenvalue weighted by Crippen LogP contribution is -2.35. The van der Waals surface area contributed by atoms with Crippen LogP contribution in [0.15, 0.2) is 59.7 Å². The van der Waals surface area contributed by atoms with Gasteiger partial charge in [-0.25, -0.2) is 9.31 Å². The zero-order valence-electron chi connectivity index (χ0n) is 21.9. The Kier molecular flexibility index (Phi) is 7.84. The van der Waals surface area contributed by atoms with Crippen LogP contribution in [0.25, 0.3) is 16.9 Å². The van der Waals surface area contributed by atoms with Gasteiger partial charge in [0.25, 0.3) is 5.56 Å². The van der Waals surface area contributed by atoms with Crippen LogP contribution in [0.5, 0.6) is 0 Å². The maximum Gasteiger partial charge on any atom is 0.329 e. The summed E-state index contributed by atoms with van der Waals surface area (Å²) in [7, 11) is 0. The minimum Gasteiger partial charge on any atom is -0.480 e. The molecule has 1 aliphatic carbocycles. The summed E-state index contributed by atoms with van der Waals surface area (Å²) in [6.45, 7) is 1.78. The highest BCUT2D eigenvalue weighted by Crippen LogP contribution is 2.31. The first-order chi connectivity index (χ1) is 19.0. The quantitative estimate of drug-likeness (QED) is 0.340. The van der Waals surface area contributed by atoms with Crippen molar-refractivity contribution in [1.29, 1.82) is 5.26 Å². The smallest absolute Gasteiger partial charge is 0.329 e. The Hall–Kier alpha value is -4.29. The molecule has 1 aliphatic rings. The molecule has 0 saturated heterocycles. The van der Waals surface area contributed by atoms with Crippen LogP contribution in [-0.2, 0) is 22.4 Å². The molecule has 9 heteroatoms. The molecule has 0 atom stereocenters. The van der Waals surface area contributed by atoms with Crippen molar-refractivity contribution in [2.75, 3.05) is 6.61 Å². The van der Waals surface area contributed by atoms with E-state index < -0.39 is 5.97 Å². The van der Waals surface area contributed by atoms with E-state index in [1.165, 1.54) is 6.33 Å². The predicted octanol–water partition coefficient (Wildman–Crippen LogP) is 4.56. The van der Waals surface area contributed by atoms with Crippen molar-refractivity contribution in [2.45, 2.75) is 64.0 Å². The van der Waals surface area contributed by atoms with Gasteiger partial charge in [-0.1, -0.05) is 55.8 Å². The number of carboxylic acids is 1. The van der Waals surface area contributed by atoms with Crippen LogP contribution in [0, 0.1) is 11.3 Å². The van der Waals surface area contributed by atoms with Gasteiger partial charge in [-0.2, -0.15) is 15.3 Å². The first kappa shape index (κ1) is 26.3. The number of carboxylic acid groups (broad SMARTS) is 1. The lowest BCUT2D eigenvalue weighted by atomic mass is 9.92. The standard InChI is InChI=1S/C30H31N5O4/c1-2-5-27-26(16-20-8-10-21(11-9-20)25-7-4-3-6-22(25)17-31)29(38)34(30-32-19-33-35(27)30)23-12-14-24(15-13-23)39-18-28(36)37/h3-4,6-11,19,23-24H,2,5,12-16,18H2,1H3,(H,36,37)/t23-,24-. The number of rotatable bonds is 9. The van der Waals surface area contributed by atoms with Gasteiger partial charge in [0.15, 0.2) is 0 Å². The van der Waals surface area contributed by atoms with Crippen molar-refractivity contribution in [1.82, 2.24) is 19.2 Å². The molecule has 2 aromatic carbocycles. The summed E-state index contributed by atoms with van der Waals surface area (Å²) < 4.78 is 9.10. The summed E-state index contributed by atoms with van der Waals surface area (Å²) in [6, 6.07) is 17.7. The lowest BCUT2D eigenvalue weighted by Gasteiger charge is -2.30. The molecule has 2 aromatic heterocycles. The van der Waals surface area contributed by atoms with E-state index in [4.69, 9.17) is 9.84 Å². The van der Waals surface area contributed by atoms with Crippen LogP contribution in [0.1, 0.15) is 67.5 Å². The van der Waals surface area contributed by atoms with Crippen LogP contribution in [0.3, 0.4) is 0 Å². The van der Waals surface area contributed by atoms with Gasteiger partial charge in [0.1, 0.15) is 12.9 Å². The molecule has 39 heavy (non-hydrogen) atoms. The van der Waals surface area contributed by atoms with Gasteiger partial charge in [-0.3, -0.25) is 9.36 Å². The Morgan fingerprint density at radius 1 is 1.13 bits per heavy atom. The fraction of sp³-hybridized carbons (Fsp3) is 0.367. The fourth-order valence-electron chi connectivity index (χ4n) is 5.58. The Morgan fingerprint density at radius 2 is 1.87 bits per heavy atom. The summed E-state index contributed by atoms with van der Waals surface area (Å²) in [5, 5.41) is 22.9. The second kappa shape index (κ2) is 11.6. The molecule has 1 N–H and O–H groups in total. The number of hydrogen-bond donors (Lipinski definition) is 1. The van der Waals surface area contributed by atoms with Crippen molar-refractivity contribution in [3.05, 3.63) is 87.6 Å². The average Bonchev–Trinajstić information content (AvgIpc) is 3.44. The molecule has 4 aromatic rings. The molecule has 0 bridgehead atoms. The van der Waals surface area contributed by atoms with E-state index >= 15 is 0 Å². The van der Waals surface area contributed by atoms with Crippen LogP contribution >= 0.6 is 0 Å². The van der Waals surface area contributed by atoms with E-state index in [1.54, 1.807) is 4.57 Å². The van der Waals surface area contributed by atoms with E-state index in [2.05, 4.69) is 23.1 Å². The molecule has 1 saturated carbocycles. The van der Waals surface area contributed by atoms with Gasteiger partial charge in [-0.05, 0) is 54.9 Å². The highest BCUT2D eigenvalue weighted by Gasteiger charge is 2.28. The molecule has 0 unspecified atom stereocenters. The van der Waals surface area contributed by atoms with Crippen LogP contribution in [0.4, 0.5) is 0 Å². The van der Waals surface area contributed by atoms with Gasteiger partial charge in [-0.15, -0.1) is 0 Å². The van der Waals surface area contributed by atoms with Crippen molar-refractivity contribution in [2.24, 2.45) is 0 Å². The SMILES string of the molecule is CCCc1c(Cc2ccc(-c3ccccc3C#N)cc2)c(=O)n([C@H]2CC[C@H](OCC(=O)O)CC2)c2ncnn12. The number of hydrogen-bond acceptors (Lipinski definition) is 6. The van der Waals surface area contributed by atoms with Crippen LogP contribution in [0.2, 0.25) is 0 Å². The minimum atomic E-state index is -0.975. The largest absolute Gasteiger partial charge is 0.480 e. The zero-order chi connectivity index (χ0) is 27.4. The summed E-state index contributed by atoms with van der Waals surface area (Å²) in [5.41, 5.74) is 5.00. The summed E-state index contributed by atoms with van der Waals surface area (Å²) >= 11 is 0. The highest BCUT2D eigenvalue weighted by atomic mass is 16.5. The normalized spacial score (nSPS) is 17.2. The molecule has 200 valence electrons. The van der Waals surface area contributed by atoms with E-state index in [1.807, 2.05) is 53.0 Å². The number of aliphatic carboxylic acids is 1. The van der Waals surface area contributed by atoms with E-state index in [0.717, 1.165) is 28.8 Å². The number of nitrogens with zero attached hydrogens (tertiary/aromatic N) is 5. The van der Waals surface area contributed by atoms with Crippen molar-refractivity contribution in [3.8, 4) is 17.2 Å². The second-order valence-corrected chi connectivity index (χ2v) is 9.99. The molecule has 1 fully saturated rings. The molecule has 0 spiro atoms. The first-order valence-corrected chi connectivity index (χ1v) is 13.4. The number of ether oxygens (including phenoxy) is 1. The maximum atomic E-state index is 14.1. The lowest BCUT2D eigenvalue weighted by molar-refractivity contribution is -0.145. The van der Waals surface area contributed by atoms with Gasteiger partial charge in [0, 0.05) is 18.0 Å². The Morgan fingerprint density at radius 3 is 2.56 bits per heavy atom. The van der Waals surface area contributed by atoms with Crippen molar-refractivity contribution < 1.29 is 14.6 Å². The molecular formula is C30H31N5O4. The maximum absolute atomic E-state index is 14.1. The molecule has 0 aliphatic heterocycles. The van der Waals surface area contributed by atoms with Gasteiger partial charge in [0.05, 0.1) is 23.4 Å². The van der Waals surface area contributed by atoms with E-state index in [9.17, 15) is 14.9 Å². The Balaban J connectivity index is 1.47. The highest BCUT2D eigenvalue weighted by molar-refractivity contribution is 5.70. The van der Waals surface area contributed by atoms with Crippen LogP contribution < -0.4 is 5.56 Å². The van der Waals surface area contributed by atoms with E-state index in [-0.39, 0.29) is 24.3 Å². The summed E-state index contributed by atoms with van der Waals surface area (Å²) in [5.74, 6) is -0.428. The third-order valence-electron chi connectivity index (χ3n) is 7.46. The van der Waals surface area contributed by atoms with Gasteiger partial charge >= 0.3 is 5.97 Å². The summed E-state index contributed by atoms with van der Waals surface area (Å²) in [6.07, 6.45) is 6.17. The molecule has 0 amide bonds. The molecule has 0 radical (unpaired) electrons. The zero-order valence-corrected chi connectivity index (χ0v) is 21.9. The number of carbonyl (C=O) groups is 1. The summed E-state index contributed by atoms with van der Waals surface area (Å²) in [4.78, 5) is 29.4. The second-order valence-electron chi connectivity index (χ2n) is 9.99. The van der Waals surface area contributed by atoms with Gasteiger partial charge in [0.2, 0.25) is 5.78 Å². The first-order valence-electron chi connectivity index (χ1n) is 13.4. The third-order valence-corrected chi connectivity index (χ3v) is 7.46. The minimum absolute atomic E-state index is 0.0484. The Labute approximate surface area is 226 Å². The van der Waals surface area contributed by atoms with Crippen molar-refractivity contribution >= 4 is 11.7 Å². The van der Waals surface area contributed by atoms with E-state index in [0.29, 0.717) is 55.4 Å². The van der Waals surface area contributed by atoms with Gasteiger partial charge < -0.3 is 9.84 Å². The average molecular weight is 526 g/mol.